The van der Waals surface area contributed by atoms with Crippen LogP contribution in [-0.2, 0) is 27.9 Å². The summed E-state index contributed by atoms with van der Waals surface area (Å²) < 4.78 is 40.4. The second-order valence-electron chi connectivity index (χ2n) is 9.25. The monoisotopic (exact) mass is 506 g/mol. The van der Waals surface area contributed by atoms with Crippen LogP contribution in [0.15, 0.2) is 24.3 Å². The Hall–Kier alpha value is -1.56. The van der Waals surface area contributed by atoms with Crippen molar-refractivity contribution in [3.63, 3.8) is 0 Å². The zero-order valence-electron chi connectivity index (χ0n) is 19.8. The predicted molar refractivity (Wildman–Crippen MR) is 133 cm³/mol. The minimum Gasteiger partial charge on any atom is -0.494 e. The molecule has 0 radical (unpaired) electrons. The lowest BCUT2D eigenvalue weighted by atomic mass is 10.2. The van der Waals surface area contributed by atoms with Crippen molar-refractivity contribution in [2.45, 2.75) is 45.2 Å². The van der Waals surface area contributed by atoms with E-state index in [-0.39, 0.29) is 0 Å². The Kier molecular flexibility index (Phi) is 7.52. The largest absolute Gasteiger partial charge is 0.494 e. The Balaban J connectivity index is 1.17. The minimum atomic E-state index is -3.46. The van der Waals surface area contributed by atoms with E-state index in [1.807, 2.05) is 24.3 Å². The van der Waals surface area contributed by atoms with E-state index in [0.29, 0.717) is 51.9 Å². The number of likely N-dealkylation sites (tertiary alicyclic amines) is 1. The lowest BCUT2D eigenvalue weighted by Gasteiger charge is -2.33. The summed E-state index contributed by atoms with van der Waals surface area (Å²) in [7, 11) is -3.46. The van der Waals surface area contributed by atoms with E-state index in [1.54, 1.807) is 15.6 Å². The van der Waals surface area contributed by atoms with Crippen molar-refractivity contribution in [3.8, 4) is 16.3 Å². The normalized spacial score (nSPS) is 22.7. The summed E-state index contributed by atoms with van der Waals surface area (Å²) in [6.07, 6.45) is 4.30. The van der Waals surface area contributed by atoms with Crippen LogP contribution in [0.5, 0.6) is 5.75 Å². The molecule has 3 aliphatic heterocycles. The van der Waals surface area contributed by atoms with Crippen LogP contribution in [0.25, 0.3) is 10.6 Å². The molecule has 0 saturated carbocycles. The fourth-order valence-electron chi connectivity index (χ4n) is 4.91. The molecule has 1 aromatic heterocycles. The van der Waals surface area contributed by atoms with Gasteiger partial charge >= 0.3 is 0 Å². The zero-order chi connectivity index (χ0) is 23.5. The van der Waals surface area contributed by atoms with Gasteiger partial charge in [-0.15, -0.1) is 11.3 Å². The van der Waals surface area contributed by atoms with Crippen molar-refractivity contribution >= 4 is 21.5 Å². The Labute approximate surface area is 206 Å². The molecular weight excluding hydrogens is 472 g/mol. The highest BCUT2D eigenvalue weighted by atomic mass is 32.2. The van der Waals surface area contributed by atoms with Gasteiger partial charge in [0.2, 0.25) is 0 Å². The second kappa shape index (κ2) is 10.6. The quantitative estimate of drug-likeness (QED) is 0.513. The summed E-state index contributed by atoms with van der Waals surface area (Å²) in [4.78, 5) is 8.41. The number of benzene rings is 1. The first-order chi connectivity index (χ1) is 16.5. The summed E-state index contributed by atoms with van der Waals surface area (Å²) in [6, 6.07) is 8.80. The van der Waals surface area contributed by atoms with Gasteiger partial charge in [-0.2, -0.15) is 17.0 Å². The molecule has 0 amide bonds. The number of morpholine rings is 1. The molecule has 2 saturated heterocycles. The van der Waals surface area contributed by atoms with Gasteiger partial charge in [-0.1, -0.05) is 0 Å². The maximum absolute atomic E-state index is 13.0. The Morgan fingerprint density at radius 1 is 1.12 bits per heavy atom. The van der Waals surface area contributed by atoms with Gasteiger partial charge in [0.25, 0.3) is 10.2 Å². The van der Waals surface area contributed by atoms with E-state index in [4.69, 9.17) is 14.5 Å². The molecule has 0 spiro atoms. The molecule has 3 aliphatic rings. The van der Waals surface area contributed by atoms with Crippen molar-refractivity contribution in [2.75, 3.05) is 52.5 Å². The van der Waals surface area contributed by atoms with Crippen molar-refractivity contribution < 1.29 is 17.9 Å². The van der Waals surface area contributed by atoms with E-state index in [9.17, 15) is 8.42 Å². The first-order valence-corrected chi connectivity index (χ1v) is 14.5. The van der Waals surface area contributed by atoms with Gasteiger partial charge in [0.1, 0.15) is 10.8 Å². The average Bonchev–Trinajstić information content (AvgIpc) is 3.48. The molecule has 8 nitrogen and oxygen atoms in total. The molecule has 34 heavy (non-hydrogen) atoms. The van der Waals surface area contributed by atoms with E-state index < -0.39 is 10.2 Å². The zero-order valence-corrected chi connectivity index (χ0v) is 21.5. The fourth-order valence-corrected chi connectivity index (χ4v) is 7.67. The van der Waals surface area contributed by atoms with Crippen LogP contribution in [0.2, 0.25) is 0 Å². The highest BCUT2D eigenvalue weighted by molar-refractivity contribution is 7.86. The summed E-state index contributed by atoms with van der Waals surface area (Å²) in [5, 5.41) is 0.935. The number of thiazole rings is 1. The Bertz CT molecular complexity index is 1070. The van der Waals surface area contributed by atoms with Crippen LogP contribution >= 0.6 is 11.3 Å². The van der Waals surface area contributed by atoms with Gasteiger partial charge in [0.15, 0.2) is 0 Å². The lowest BCUT2D eigenvalue weighted by Crippen LogP contribution is -2.49. The molecule has 2 fully saturated rings. The number of ether oxygens (including phenoxy) is 2. The van der Waals surface area contributed by atoms with Gasteiger partial charge in [-0.3, -0.25) is 0 Å². The lowest BCUT2D eigenvalue weighted by molar-refractivity contribution is 0.0699. The molecule has 1 atom stereocenters. The van der Waals surface area contributed by atoms with Crippen LogP contribution in [0.3, 0.4) is 0 Å². The third-order valence-electron chi connectivity index (χ3n) is 6.97. The van der Waals surface area contributed by atoms with Crippen LogP contribution in [0, 0.1) is 0 Å². The number of aromatic nitrogens is 1. The number of rotatable bonds is 8. The molecule has 1 aromatic carbocycles. The van der Waals surface area contributed by atoms with Gasteiger partial charge in [-0.25, -0.2) is 4.98 Å². The molecule has 5 rings (SSSR count). The molecule has 0 aliphatic carbocycles. The van der Waals surface area contributed by atoms with Gasteiger partial charge < -0.3 is 14.4 Å². The van der Waals surface area contributed by atoms with Crippen molar-refractivity contribution in [1.29, 1.82) is 0 Å². The van der Waals surface area contributed by atoms with Gasteiger partial charge in [-0.05, 0) is 57.0 Å². The molecule has 186 valence electrons. The molecule has 0 N–H and O–H groups in total. The van der Waals surface area contributed by atoms with E-state index in [1.165, 1.54) is 23.7 Å². The smallest absolute Gasteiger partial charge is 0.282 e. The SMILES string of the molecule is C[C@@H]1CCCN1CCCOc1ccc(-c2nc3c(s2)CN(S(=O)(=O)N2CCOCC2)CC3)cc1. The third-order valence-corrected chi connectivity index (χ3v) is 10.1. The van der Waals surface area contributed by atoms with Crippen LogP contribution in [-0.4, -0.2) is 85.5 Å². The summed E-state index contributed by atoms with van der Waals surface area (Å²) in [6.45, 7) is 7.97. The van der Waals surface area contributed by atoms with E-state index in [0.717, 1.165) is 46.5 Å². The minimum absolute atomic E-state index is 0.392. The maximum atomic E-state index is 13.0. The molecule has 10 heteroatoms. The van der Waals surface area contributed by atoms with E-state index in [2.05, 4.69) is 11.8 Å². The van der Waals surface area contributed by atoms with Crippen molar-refractivity contribution in [1.82, 2.24) is 18.5 Å². The molecule has 0 unspecified atom stereocenters. The number of hydrogen-bond acceptors (Lipinski definition) is 7. The predicted octanol–water partition coefficient (Wildman–Crippen LogP) is 3.00. The standard InChI is InChI=1S/C24H34N4O4S2/c1-19-4-2-10-26(19)11-3-15-32-21-7-5-20(6-8-21)24-25-22-9-12-28(18-23(22)33-24)34(29,30)27-13-16-31-17-14-27/h5-8,19H,2-4,9-18H2,1H3/t19-/m1/s1. The molecule has 0 bridgehead atoms. The number of hydrogen-bond donors (Lipinski definition) is 0. The Morgan fingerprint density at radius 2 is 1.91 bits per heavy atom. The summed E-state index contributed by atoms with van der Waals surface area (Å²) in [5.41, 5.74) is 2.06. The fraction of sp³-hybridized carbons (Fsp3) is 0.625. The third kappa shape index (κ3) is 5.32. The van der Waals surface area contributed by atoms with E-state index >= 15 is 0 Å². The average molecular weight is 507 g/mol. The van der Waals surface area contributed by atoms with Crippen molar-refractivity contribution in [2.24, 2.45) is 0 Å². The first kappa shape index (κ1) is 24.1. The number of fused-ring (bicyclic) bond motifs is 1. The highest BCUT2D eigenvalue weighted by Crippen LogP contribution is 2.33. The number of nitrogens with zero attached hydrogens (tertiary/aromatic N) is 4. The van der Waals surface area contributed by atoms with Crippen LogP contribution in [0.4, 0.5) is 0 Å². The second-order valence-corrected chi connectivity index (χ2v) is 12.3. The first-order valence-electron chi connectivity index (χ1n) is 12.3. The van der Waals surface area contributed by atoms with Crippen LogP contribution < -0.4 is 4.74 Å². The van der Waals surface area contributed by atoms with Gasteiger partial charge in [0, 0.05) is 49.1 Å². The maximum Gasteiger partial charge on any atom is 0.282 e. The summed E-state index contributed by atoms with van der Waals surface area (Å²) >= 11 is 1.59. The van der Waals surface area contributed by atoms with Gasteiger partial charge in [0.05, 0.1) is 32.1 Å². The molecule has 2 aromatic rings. The topological polar surface area (TPSA) is 75.2 Å². The Morgan fingerprint density at radius 3 is 2.65 bits per heavy atom. The molecule has 4 heterocycles. The van der Waals surface area contributed by atoms with Crippen molar-refractivity contribution in [3.05, 3.63) is 34.8 Å². The highest BCUT2D eigenvalue weighted by Gasteiger charge is 2.34. The molecular formula is C24H34N4O4S2. The van der Waals surface area contributed by atoms with Crippen LogP contribution in [0.1, 0.15) is 36.8 Å². The summed E-state index contributed by atoms with van der Waals surface area (Å²) in [5.74, 6) is 0.877.